The Labute approximate surface area is 125 Å². The maximum atomic E-state index is 10.9. The molecule has 10 heteroatoms. The molecule has 0 amide bonds. The molecule has 0 heterocycles. The van der Waals surface area contributed by atoms with Crippen molar-refractivity contribution >= 4 is 38.9 Å². The number of nitrogens with zero attached hydrogens (tertiary/aromatic N) is 1. The van der Waals surface area contributed by atoms with E-state index in [0.29, 0.717) is 0 Å². The molecule has 0 saturated carbocycles. The number of hydrogen-bond acceptors (Lipinski definition) is 5. The van der Waals surface area contributed by atoms with Gasteiger partial charge in [0.2, 0.25) is 10.0 Å². The van der Waals surface area contributed by atoms with Gasteiger partial charge in [-0.05, 0) is 0 Å². The molecule has 112 valence electrons. The summed E-state index contributed by atoms with van der Waals surface area (Å²) in [6.07, 6.45) is 0. The van der Waals surface area contributed by atoms with E-state index in [1.165, 1.54) is 6.07 Å². The second kappa shape index (κ2) is 6.57. The minimum absolute atomic E-state index is 0.0308. The molecule has 0 aliphatic carbocycles. The topological polar surface area (TPSA) is 113 Å². The van der Waals surface area contributed by atoms with Crippen molar-refractivity contribution in [3.63, 3.8) is 0 Å². The standard InChI is InChI=1S/C10H12Cl2N2O5S/c1-6(5-20(13,17)18)4-19-10-3-8(12)7(11)2-9(10)14(15)16/h2-3,6H,4-5H2,1H3,(H2,13,17,18). The van der Waals surface area contributed by atoms with Gasteiger partial charge in [0.05, 0.1) is 27.3 Å². The normalized spacial score (nSPS) is 13.0. The first-order chi connectivity index (χ1) is 9.10. The van der Waals surface area contributed by atoms with Crippen LogP contribution in [0.4, 0.5) is 5.69 Å². The van der Waals surface area contributed by atoms with Crippen LogP contribution in [0, 0.1) is 16.0 Å². The number of nitrogens with two attached hydrogens (primary N) is 1. The van der Waals surface area contributed by atoms with Crippen molar-refractivity contribution in [2.24, 2.45) is 11.1 Å². The number of nitro benzene ring substituents is 1. The molecule has 0 aliphatic rings. The SMILES string of the molecule is CC(COc1cc(Cl)c(Cl)cc1[N+](=O)[O-])CS(N)(=O)=O. The Hall–Kier alpha value is -1.09. The van der Waals surface area contributed by atoms with E-state index in [1.807, 2.05) is 0 Å². The fourth-order valence-electron chi connectivity index (χ4n) is 1.45. The van der Waals surface area contributed by atoms with Gasteiger partial charge in [0, 0.05) is 18.1 Å². The zero-order valence-corrected chi connectivity index (χ0v) is 12.7. The third-order valence-corrected chi connectivity index (χ3v) is 3.99. The molecule has 0 aromatic heterocycles. The van der Waals surface area contributed by atoms with Gasteiger partial charge < -0.3 is 4.74 Å². The van der Waals surface area contributed by atoms with Gasteiger partial charge >= 0.3 is 5.69 Å². The van der Waals surface area contributed by atoms with Crippen LogP contribution in [-0.2, 0) is 10.0 Å². The zero-order valence-electron chi connectivity index (χ0n) is 10.4. The van der Waals surface area contributed by atoms with Crippen LogP contribution in [0.15, 0.2) is 12.1 Å². The summed E-state index contributed by atoms with van der Waals surface area (Å²) in [6.45, 7) is 1.53. The van der Waals surface area contributed by atoms with Crippen LogP contribution in [0.2, 0.25) is 10.0 Å². The number of nitro groups is 1. The maximum Gasteiger partial charge on any atom is 0.312 e. The van der Waals surface area contributed by atoms with E-state index in [0.717, 1.165) is 6.07 Å². The number of hydrogen-bond donors (Lipinski definition) is 1. The van der Waals surface area contributed by atoms with E-state index in [-0.39, 0.29) is 33.8 Å². The van der Waals surface area contributed by atoms with E-state index in [2.05, 4.69) is 0 Å². The second-order valence-electron chi connectivity index (χ2n) is 4.24. The van der Waals surface area contributed by atoms with Gasteiger partial charge in [-0.15, -0.1) is 0 Å². The lowest BCUT2D eigenvalue weighted by Gasteiger charge is -2.12. The van der Waals surface area contributed by atoms with Crippen molar-refractivity contribution in [3.8, 4) is 5.75 Å². The molecule has 7 nitrogen and oxygen atoms in total. The van der Waals surface area contributed by atoms with Crippen molar-refractivity contribution in [1.82, 2.24) is 0 Å². The maximum absolute atomic E-state index is 10.9. The monoisotopic (exact) mass is 342 g/mol. The summed E-state index contributed by atoms with van der Waals surface area (Å²) in [5, 5.41) is 15.9. The van der Waals surface area contributed by atoms with Crippen LogP contribution in [0.1, 0.15) is 6.92 Å². The van der Waals surface area contributed by atoms with Crippen molar-refractivity contribution in [2.75, 3.05) is 12.4 Å². The highest BCUT2D eigenvalue weighted by Gasteiger charge is 2.20. The third-order valence-electron chi connectivity index (χ3n) is 2.24. The lowest BCUT2D eigenvalue weighted by molar-refractivity contribution is -0.385. The molecule has 1 aromatic rings. The average molecular weight is 343 g/mol. The molecule has 20 heavy (non-hydrogen) atoms. The molecule has 1 aromatic carbocycles. The highest BCUT2D eigenvalue weighted by molar-refractivity contribution is 7.89. The highest BCUT2D eigenvalue weighted by Crippen LogP contribution is 2.35. The van der Waals surface area contributed by atoms with Gasteiger partial charge in [-0.2, -0.15) is 0 Å². The van der Waals surface area contributed by atoms with Crippen LogP contribution >= 0.6 is 23.2 Å². The summed E-state index contributed by atoms with van der Waals surface area (Å²) in [7, 11) is -3.63. The molecule has 1 rings (SSSR count). The smallest absolute Gasteiger partial charge is 0.312 e. The first-order valence-electron chi connectivity index (χ1n) is 5.37. The van der Waals surface area contributed by atoms with E-state index < -0.39 is 20.9 Å². The molecular formula is C10H12Cl2N2O5S. The highest BCUT2D eigenvalue weighted by atomic mass is 35.5. The van der Waals surface area contributed by atoms with Gasteiger partial charge in [0.1, 0.15) is 0 Å². The van der Waals surface area contributed by atoms with Crippen molar-refractivity contribution in [1.29, 1.82) is 0 Å². The molecule has 0 saturated heterocycles. The van der Waals surface area contributed by atoms with Gasteiger partial charge in [-0.1, -0.05) is 30.1 Å². The number of ether oxygens (including phenoxy) is 1. The molecule has 0 aliphatic heterocycles. The van der Waals surface area contributed by atoms with Crippen LogP contribution in [0.5, 0.6) is 5.75 Å². The summed E-state index contributed by atoms with van der Waals surface area (Å²) < 4.78 is 27.0. The quantitative estimate of drug-likeness (QED) is 0.628. The predicted octanol–water partition coefficient (Wildman–Crippen LogP) is 2.21. The molecule has 1 atom stereocenters. The Kier molecular flexibility index (Phi) is 5.58. The minimum atomic E-state index is -3.63. The van der Waals surface area contributed by atoms with Crippen LogP contribution in [-0.4, -0.2) is 25.7 Å². The summed E-state index contributed by atoms with van der Waals surface area (Å²) >= 11 is 11.5. The van der Waals surface area contributed by atoms with Gasteiger partial charge in [0.15, 0.2) is 5.75 Å². The van der Waals surface area contributed by atoms with Gasteiger partial charge in [-0.3, -0.25) is 10.1 Å². The first-order valence-corrected chi connectivity index (χ1v) is 7.84. The third kappa shape index (κ3) is 5.12. The fourth-order valence-corrected chi connectivity index (χ4v) is 2.65. The van der Waals surface area contributed by atoms with Crippen molar-refractivity contribution in [2.45, 2.75) is 6.92 Å². The van der Waals surface area contributed by atoms with Crippen LogP contribution in [0.25, 0.3) is 0 Å². The van der Waals surface area contributed by atoms with Crippen LogP contribution < -0.4 is 9.88 Å². The number of rotatable bonds is 6. The summed E-state index contributed by atoms with van der Waals surface area (Å²) in [5.41, 5.74) is -0.345. The Morgan fingerprint density at radius 1 is 1.40 bits per heavy atom. The molecule has 0 spiro atoms. The molecule has 1 unspecified atom stereocenters. The lowest BCUT2D eigenvalue weighted by atomic mass is 10.2. The van der Waals surface area contributed by atoms with Gasteiger partial charge in [0.25, 0.3) is 0 Å². The summed E-state index contributed by atoms with van der Waals surface area (Å²) in [4.78, 5) is 10.2. The molecule has 0 fully saturated rings. The van der Waals surface area contributed by atoms with Crippen molar-refractivity contribution < 1.29 is 18.1 Å². The fraction of sp³-hybridized carbons (Fsp3) is 0.400. The average Bonchev–Trinajstić information content (AvgIpc) is 2.27. The van der Waals surface area contributed by atoms with E-state index in [9.17, 15) is 18.5 Å². The Balaban J connectivity index is 2.87. The number of benzene rings is 1. The lowest BCUT2D eigenvalue weighted by Crippen LogP contribution is -2.25. The Bertz CT molecular complexity index is 620. The van der Waals surface area contributed by atoms with E-state index in [4.69, 9.17) is 33.1 Å². The number of halogens is 2. The Morgan fingerprint density at radius 3 is 2.45 bits per heavy atom. The largest absolute Gasteiger partial charge is 0.486 e. The molecular weight excluding hydrogens is 331 g/mol. The predicted molar refractivity (Wildman–Crippen MR) is 75.7 cm³/mol. The Morgan fingerprint density at radius 2 is 1.95 bits per heavy atom. The van der Waals surface area contributed by atoms with Gasteiger partial charge in [-0.25, -0.2) is 13.6 Å². The van der Waals surface area contributed by atoms with Crippen molar-refractivity contribution in [3.05, 3.63) is 32.3 Å². The molecule has 0 bridgehead atoms. The zero-order chi connectivity index (χ0) is 15.5. The van der Waals surface area contributed by atoms with E-state index in [1.54, 1.807) is 6.92 Å². The second-order valence-corrected chi connectivity index (χ2v) is 6.71. The number of primary sulfonamides is 1. The summed E-state index contributed by atoms with van der Waals surface area (Å²) in [5.74, 6) is -0.799. The minimum Gasteiger partial charge on any atom is -0.486 e. The summed E-state index contributed by atoms with van der Waals surface area (Å²) in [6, 6.07) is 2.29. The number of sulfonamides is 1. The first kappa shape index (κ1) is 17.0. The van der Waals surface area contributed by atoms with Crippen LogP contribution in [0.3, 0.4) is 0 Å². The van der Waals surface area contributed by atoms with E-state index >= 15 is 0 Å². The molecule has 0 radical (unpaired) electrons. The molecule has 2 N–H and O–H groups in total.